The second-order valence-electron chi connectivity index (χ2n) is 6.22. The van der Waals surface area contributed by atoms with E-state index in [1.807, 2.05) is 30.3 Å². The van der Waals surface area contributed by atoms with Gasteiger partial charge in [-0.3, -0.25) is 0 Å². The third kappa shape index (κ3) is 7.11. The summed E-state index contributed by atoms with van der Waals surface area (Å²) in [4.78, 5) is 13.5. The highest BCUT2D eigenvalue weighted by atomic mass is 79.9. The average molecular weight is 456 g/mol. The first-order valence-corrected chi connectivity index (χ1v) is 10.0. The van der Waals surface area contributed by atoms with E-state index in [2.05, 4.69) is 15.9 Å². The minimum absolute atomic E-state index is 0.0572. The molecule has 1 amide bonds. The molecule has 152 valence electrons. The molecular formula is C21H24BrF2NO3. The van der Waals surface area contributed by atoms with Crippen molar-refractivity contribution in [2.45, 2.75) is 32.8 Å². The third-order valence-electron chi connectivity index (χ3n) is 4.09. The highest BCUT2D eigenvalue weighted by molar-refractivity contribution is 9.10. The minimum atomic E-state index is -0.565. The molecule has 0 atom stereocenters. The summed E-state index contributed by atoms with van der Waals surface area (Å²) in [6.45, 7) is 4.08. The molecule has 7 heteroatoms. The van der Waals surface area contributed by atoms with Gasteiger partial charge in [0.05, 0.1) is 11.1 Å². The smallest absolute Gasteiger partial charge is 0.410 e. The number of rotatable bonds is 4. The zero-order valence-electron chi connectivity index (χ0n) is 15.8. The van der Waals surface area contributed by atoms with E-state index < -0.39 is 11.6 Å². The Kier molecular flexibility index (Phi) is 9.20. The average Bonchev–Trinajstić information content (AvgIpc) is 2.72. The number of hydrogen-bond donors (Lipinski definition) is 0. The van der Waals surface area contributed by atoms with Crippen molar-refractivity contribution in [1.82, 2.24) is 4.90 Å². The molecular weight excluding hydrogens is 432 g/mol. The molecule has 1 aliphatic rings. The molecule has 4 nitrogen and oxygen atoms in total. The van der Waals surface area contributed by atoms with Crippen molar-refractivity contribution in [3.63, 3.8) is 0 Å². The zero-order valence-corrected chi connectivity index (χ0v) is 17.4. The summed E-state index contributed by atoms with van der Waals surface area (Å²) in [6, 6.07) is 11.8. The number of likely N-dealkylation sites (tertiary alicyclic amines) is 1. The topological polar surface area (TPSA) is 38.8 Å². The number of carbonyl (C=O) groups excluding carboxylic acids is 1. The Hall–Kier alpha value is -2.15. The van der Waals surface area contributed by atoms with Gasteiger partial charge in [-0.1, -0.05) is 30.3 Å². The van der Waals surface area contributed by atoms with Gasteiger partial charge in [-0.15, -0.1) is 0 Å². The normalized spacial score (nSPS) is 13.4. The van der Waals surface area contributed by atoms with E-state index in [1.54, 1.807) is 11.8 Å². The Bertz CT molecular complexity index is 753. The van der Waals surface area contributed by atoms with Crippen molar-refractivity contribution < 1.29 is 23.0 Å². The fourth-order valence-corrected chi connectivity index (χ4v) is 2.97. The molecule has 0 radical (unpaired) electrons. The first kappa shape index (κ1) is 22.1. The quantitative estimate of drug-likeness (QED) is 0.535. The fraction of sp³-hybridized carbons (Fsp3) is 0.381. The van der Waals surface area contributed by atoms with Gasteiger partial charge in [0.1, 0.15) is 12.4 Å². The third-order valence-corrected chi connectivity index (χ3v) is 4.70. The number of piperidine rings is 1. The largest absolute Gasteiger partial charge is 0.491 e. The van der Waals surface area contributed by atoms with Crippen LogP contribution in [-0.2, 0) is 11.3 Å². The second kappa shape index (κ2) is 11.6. The van der Waals surface area contributed by atoms with E-state index in [0.29, 0.717) is 13.2 Å². The molecule has 0 spiro atoms. The highest BCUT2D eigenvalue weighted by Crippen LogP contribution is 2.24. The van der Waals surface area contributed by atoms with E-state index in [-0.39, 0.29) is 16.3 Å². The molecule has 0 aromatic heterocycles. The molecule has 0 saturated carbocycles. The molecule has 2 aromatic carbocycles. The minimum Gasteiger partial charge on any atom is -0.491 e. The maximum Gasteiger partial charge on any atom is 0.410 e. The van der Waals surface area contributed by atoms with Crippen LogP contribution in [0.1, 0.15) is 31.7 Å². The van der Waals surface area contributed by atoms with E-state index in [1.165, 1.54) is 6.42 Å². The van der Waals surface area contributed by atoms with Gasteiger partial charge in [0.2, 0.25) is 0 Å². The van der Waals surface area contributed by atoms with Crippen LogP contribution in [0.5, 0.6) is 5.75 Å². The first-order valence-electron chi connectivity index (χ1n) is 9.24. The standard InChI is InChI=1S/C13H17NO2.C8H7BrF2O/c15-13(14-9-5-2-6-10-14)16-11-12-7-3-1-4-8-12;1-2-12-8-4-6(10)5(9)3-7(8)11/h1,3-4,7-8H,2,5-6,9-11H2;3-4H,2H2,1H3. The Balaban J connectivity index is 0.000000209. The lowest BCUT2D eigenvalue weighted by Gasteiger charge is -2.25. The zero-order chi connectivity index (χ0) is 20.4. The van der Waals surface area contributed by atoms with E-state index in [9.17, 15) is 13.6 Å². The van der Waals surface area contributed by atoms with Crippen molar-refractivity contribution in [2.24, 2.45) is 0 Å². The maximum atomic E-state index is 12.9. The molecule has 3 rings (SSSR count). The molecule has 1 saturated heterocycles. The van der Waals surface area contributed by atoms with Gasteiger partial charge in [-0.2, -0.15) is 0 Å². The lowest BCUT2D eigenvalue weighted by Crippen LogP contribution is -2.35. The number of amides is 1. The van der Waals surface area contributed by atoms with Crippen LogP contribution in [0.2, 0.25) is 0 Å². The Morgan fingerprint density at radius 1 is 1.07 bits per heavy atom. The van der Waals surface area contributed by atoms with Crippen LogP contribution in [0.3, 0.4) is 0 Å². The van der Waals surface area contributed by atoms with Crippen molar-refractivity contribution in [2.75, 3.05) is 19.7 Å². The van der Waals surface area contributed by atoms with Gasteiger partial charge in [-0.25, -0.2) is 13.6 Å². The molecule has 28 heavy (non-hydrogen) atoms. The van der Waals surface area contributed by atoms with Gasteiger partial charge in [-0.05, 0) is 53.7 Å². The summed E-state index contributed by atoms with van der Waals surface area (Å²) >= 11 is 2.86. The predicted octanol–water partition coefficient (Wildman–Crippen LogP) is 5.94. The molecule has 2 aromatic rings. The lowest BCUT2D eigenvalue weighted by molar-refractivity contribution is 0.0894. The molecule has 0 N–H and O–H groups in total. The number of nitrogens with zero attached hydrogens (tertiary/aromatic N) is 1. The highest BCUT2D eigenvalue weighted by Gasteiger charge is 2.17. The van der Waals surface area contributed by atoms with Gasteiger partial charge >= 0.3 is 6.09 Å². The summed E-state index contributed by atoms with van der Waals surface area (Å²) in [7, 11) is 0. The Labute approximate surface area is 172 Å². The second-order valence-corrected chi connectivity index (χ2v) is 7.07. The monoisotopic (exact) mass is 455 g/mol. The fourth-order valence-electron chi connectivity index (χ4n) is 2.66. The van der Waals surface area contributed by atoms with Crippen LogP contribution in [-0.4, -0.2) is 30.7 Å². The van der Waals surface area contributed by atoms with Crippen LogP contribution in [0.15, 0.2) is 46.9 Å². The van der Waals surface area contributed by atoms with Crippen LogP contribution in [0.25, 0.3) is 0 Å². The van der Waals surface area contributed by atoms with Crippen molar-refractivity contribution in [3.8, 4) is 5.75 Å². The first-order chi connectivity index (χ1) is 13.5. The Morgan fingerprint density at radius 2 is 1.75 bits per heavy atom. The van der Waals surface area contributed by atoms with Crippen LogP contribution >= 0.6 is 15.9 Å². The molecule has 1 aliphatic heterocycles. The summed E-state index contributed by atoms with van der Waals surface area (Å²) in [5, 5.41) is 0. The summed E-state index contributed by atoms with van der Waals surface area (Å²) in [6.07, 6.45) is 3.24. The number of carbonyl (C=O) groups is 1. The van der Waals surface area contributed by atoms with Crippen molar-refractivity contribution >= 4 is 22.0 Å². The van der Waals surface area contributed by atoms with Gasteiger partial charge < -0.3 is 14.4 Å². The molecule has 0 aliphatic carbocycles. The molecule has 1 fully saturated rings. The summed E-state index contributed by atoms with van der Waals surface area (Å²) in [5.41, 5.74) is 1.04. The van der Waals surface area contributed by atoms with E-state index in [0.717, 1.165) is 43.6 Å². The van der Waals surface area contributed by atoms with E-state index >= 15 is 0 Å². The van der Waals surface area contributed by atoms with Gasteiger partial charge in [0.25, 0.3) is 0 Å². The van der Waals surface area contributed by atoms with Gasteiger partial charge in [0, 0.05) is 19.2 Å². The molecule has 0 bridgehead atoms. The molecule has 1 heterocycles. The van der Waals surface area contributed by atoms with Crippen LogP contribution in [0, 0.1) is 11.6 Å². The number of halogens is 3. The summed E-state index contributed by atoms with van der Waals surface area (Å²) < 4.78 is 35.9. The lowest BCUT2D eigenvalue weighted by atomic mass is 10.1. The summed E-state index contributed by atoms with van der Waals surface area (Å²) in [5.74, 6) is -1.15. The van der Waals surface area contributed by atoms with Gasteiger partial charge in [0.15, 0.2) is 11.6 Å². The maximum absolute atomic E-state index is 12.9. The predicted molar refractivity (Wildman–Crippen MR) is 107 cm³/mol. The van der Waals surface area contributed by atoms with Crippen molar-refractivity contribution in [1.29, 1.82) is 0 Å². The number of ether oxygens (including phenoxy) is 2. The SMILES string of the molecule is CCOc1cc(F)c(Br)cc1F.O=C(OCc1ccccc1)N1CCCCC1. The number of benzene rings is 2. The van der Waals surface area contributed by atoms with Crippen molar-refractivity contribution in [3.05, 3.63) is 64.1 Å². The van der Waals surface area contributed by atoms with Crippen LogP contribution in [0.4, 0.5) is 13.6 Å². The Morgan fingerprint density at radius 3 is 2.39 bits per heavy atom. The molecule has 0 unspecified atom stereocenters. The van der Waals surface area contributed by atoms with E-state index in [4.69, 9.17) is 9.47 Å². The van der Waals surface area contributed by atoms with Crippen LogP contribution < -0.4 is 4.74 Å². The number of hydrogen-bond acceptors (Lipinski definition) is 3.